The van der Waals surface area contributed by atoms with Gasteiger partial charge in [-0.2, -0.15) is 0 Å². The molecule has 0 spiro atoms. The molecule has 3 rings (SSSR count). The third-order valence-corrected chi connectivity index (χ3v) is 7.76. The molecule has 7 nitrogen and oxygen atoms in total. The van der Waals surface area contributed by atoms with Crippen molar-refractivity contribution in [2.75, 3.05) is 6.61 Å². The van der Waals surface area contributed by atoms with Gasteiger partial charge in [-0.3, -0.25) is 4.79 Å². The number of ether oxygens (including phenoxy) is 2. The van der Waals surface area contributed by atoms with Gasteiger partial charge in [0.15, 0.2) is 6.61 Å². The molecule has 35 heavy (non-hydrogen) atoms. The SMILES string of the molecule is CCCCC[C@H](O)CC[C@@H]1[C@H]2Cc3cccc(OCC(=O)OC(C)CCC(=O)O)c3C[C@H]2C[C@H]1O. The van der Waals surface area contributed by atoms with E-state index in [0.717, 1.165) is 63.4 Å². The van der Waals surface area contributed by atoms with Gasteiger partial charge in [0.1, 0.15) is 5.75 Å². The number of hydrogen-bond acceptors (Lipinski definition) is 6. The van der Waals surface area contributed by atoms with Crippen molar-refractivity contribution in [1.82, 2.24) is 0 Å². The highest BCUT2D eigenvalue weighted by Crippen LogP contribution is 2.48. The lowest BCUT2D eigenvalue weighted by Gasteiger charge is -2.32. The second-order valence-corrected chi connectivity index (χ2v) is 10.4. The largest absolute Gasteiger partial charge is 0.482 e. The maximum absolute atomic E-state index is 12.2. The summed E-state index contributed by atoms with van der Waals surface area (Å²) in [4.78, 5) is 22.8. The number of aliphatic carboxylic acids is 1. The normalized spacial score (nSPS) is 24.8. The second kappa shape index (κ2) is 13.3. The highest BCUT2D eigenvalue weighted by molar-refractivity contribution is 5.71. The summed E-state index contributed by atoms with van der Waals surface area (Å²) in [6.07, 6.45) is 7.37. The highest BCUT2D eigenvalue weighted by Gasteiger charge is 2.44. The number of hydrogen-bond donors (Lipinski definition) is 3. The Kier molecular flexibility index (Phi) is 10.4. The molecule has 1 unspecified atom stereocenters. The summed E-state index contributed by atoms with van der Waals surface area (Å²) >= 11 is 0. The van der Waals surface area contributed by atoms with E-state index >= 15 is 0 Å². The summed E-state index contributed by atoms with van der Waals surface area (Å²) in [5, 5.41) is 29.9. The Morgan fingerprint density at radius 2 is 1.94 bits per heavy atom. The van der Waals surface area contributed by atoms with E-state index in [-0.39, 0.29) is 37.6 Å². The fourth-order valence-corrected chi connectivity index (χ4v) is 5.88. The van der Waals surface area contributed by atoms with Crippen LogP contribution in [0.2, 0.25) is 0 Å². The van der Waals surface area contributed by atoms with E-state index < -0.39 is 18.0 Å². The molecule has 1 aromatic rings. The lowest BCUT2D eigenvalue weighted by Crippen LogP contribution is -2.28. The van der Waals surface area contributed by atoms with Gasteiger partial charge in [0.2, 0.25) is 0 Å². The first-order valence-corrected chi connectivity index (χ1v) is 13.3. The van der Waals surface area contributed by atoms with Gasteiger partial charge in [-0.25, -0.2) is 4.79 Å². The molecule has 7 heteroatoms. The minimum absolute atomic E-state index is 0.0469. The molecule has 0 saturated heterocycles. The molecule has 1 fully saturated rings. The maximum atomic E-state index is 12.2. The van der Waals surface area contributed by atoms with Gasteiger partial charge in [-0.1, -0.05) is 38.3 Å². The molecular weight excluding hydrogens is 448 g/mol. The fraction of sp³-hybridized carbons (Fsp3) is 0.714. The molecule has 0 heterocycles. The zero-order chi connectivity index (χ0) is 25.4. The molecule has 0 amide bonds. The van der Waals surface area contributed by atoms with Crippen LogP contribution in [0.5, 0.6) is 5.75 Å². The summed E-state index contributed by atoms with van der Waals surface area (Å²) in [7, 11) is 0. The van der Waals surface area contributed by atoms with Gasteiger partial charge in [0.05, 0.1) is 18.3 Å². The average Bonchev–Trinajstić information content (AvgIpc) is 3.12. The maximum Gasteiger partial charge on any atom is 0.344 e. The van der Waals surface area contributed by atoms with Crippen LogP contribution in [0.25, 0.3) is 0 Å². The molecule has 2 aliphatic carbocycles. The smallest absolute Gasteiger partial charge is 0.344 e. The number of unbranched alkanes of at least 4 members (excludes halogenated alkanes) is 2. The van der Waals surface area contributed by atoms with Crippen LogP contribution in [-0.2, 0) is 27.2 Å². The van der Waals surface area contributed by atoms with E-state index in [1.165, 1.54) is 5.56 Å². The summed E-state index contributed by atoms with van der Waals surface area (Å²) in [5.74, 6) is 0.230. The molecule has 3 N–H and O–H groups in total. The Balaban J connectivity index is 1.54. The van der Waals surface area contributed by atoms with Crippen molar-refractivity contribution in [3.05, 3.63) is 29.3 Å². The molecule has 1 aromatic carbocycles. The predicted molar refractivity (Wildman–Crippen MR) is 132 cm³/mol. The lowest BCUT2D eigenvalue weighted by molar-refractivity contribution is -0.152. The Morgan fingerprint density at radius 3 is 2.69 bits per heavy atom. The molecule has 0 radical (unpaired) electrons. The van der Waals surface area contributed by atoms with Gasteiger partial charge in [0, 0.05) is 6.42 Å². The molecule has 1 saturated carbocycles. The summed E-state index contributed by atoms with van der Waals surface area (Å²) in [6.45, 7) is 3.62. The standard InChI is InChI=1S/C28H42O7/c1-3-4-5-8-21(29)11-12-22-23-14-19-7-6-9-26(24(19)15-20(23)16-25(22)30)34-17-28(33)35-18(2)10-13-27(31)32/h6-7,9,18,20-23,25,29-30H,3-5,8,10-17H2,1-2H3,(H,31,32)/t18?,20-,21-,22+,23-,25+/m0/s1. The molecule has 0 aromatic heterocycles. The van der Waals surface area contributed by atoms with Gasteiger partial charge in [-0.15, -0.1) is 0 Å². The summed E-state index contributed by atoms with van der Waals surface area (Å²) in [6, 6.07) is 5.91. The number of carboxylic acid groups (broad SMARTS) is 1. The van der Waals surface area contributed by atoms with E-state index in [1.54, 1.807) is 6.92 Å². The lowest BCUT2D eigenvalue weighted by atomic mass is 9.73. The predicted octanol–water partition coefficient (Wildman–Crippen LogP) is 4.30. The van der Waals surface area contributed by atoms with Crippen molar-refractivity contribution in [3.63, 3.8) is 0 Å². The monoisotopic (exact) mass is 490 g/mol. The quantitative estimate of drug-likeness (QED) is 0.263. The zero-order valence-corrected chi connectivity index (χ0v) is 21.2. The van der Waals surface area contributed by atoms with Crippen LogP contribution in [0.15, 0.2) is 18.2 Å². The van der Waals surface area contributed by atoms with E-state index in [2.05, 4.69) is 13.0 Å². The van der Waals surface area contributed by atoms with Gasteiger partial charge in [0.25, 0.3) is 0 Å². The number of aliphatic hydroxyl groups is 2. The van der Waals surface area contributed by atoms with Crippen LogP contribution in [0.4, 0.5) is 0 Å². The van der Waals surface area contributed by atoms with E-state index in [9.17, 15) is 19.8 Å². The number of benzene rings is 1. The van der Waals surface area contributed by atoms with Gasteiger partial charge >= 0.3 is 11.9 Å². The Morgan fingerprint density at radius 1 is 1.14 bits per heavy atom. The first-order chi connectivity index (χ1) is 16.8. The van der Waals surface area contributed by atoms with Crippen LogP contribution in [0, 0.1) is 17.8 Å². The second-order valence-electron chi connectivity index (χ2n) is 10.4. The number of fused-ring (bicyclic) bond motifs is 2. The van der Waals surface area contributed by atoms with E-state index in [0.29, 0.717) is 17.6 Å². The van der Waals surface area contributed by atoms with Crippen molar-refractivity contribution in [2.45, 2.75) is 103 Å². The van der Waals surface area contributed by atoms with Gasteiger partial charge in [-0.05, 0) is 86.8 Å². The zero-order valence-electron chi connectivity index (χ0n) is 21.2. The third-order valence-electron chi connectivity index (χ3n) is 7.76. The number of rotatable bonds is 14. The van der Waals surface area contributed by atoms with Crippen molar-refractivity contribution in [3.8, 4) is 5.75 Å². The van der Waals surface area contributed by atoms with Crippen molar-refractivity contribution >= 4 is 11.9 Å². The van der Waals surface area contributed by atoms with Crippen LogP contribution < -0.4 is 4.74 Å². The Labute approximate surface area is 208 Å². The number of carboxylic acids is 1. The topological polar surface area (TPSA) is 113 Å². The number of esters is 1. The minimum atomic E-state index is -0.916. The first kappa shape index (κ1) is 27.5. The van der Waals surface area contributed by atoms with Crippen molar-refractivity contribution in [1.29, 1.82) is 0 Å². The Hall–Kier alpha value is -2.12. The van der Waals surface area contributed by atoms with Crippen LogP contribution in [0.3, 0.4) is 0 Å². The van der Waals surface area contributed by atoms with Crippen molar-refractivity contribution < 1.29 is 34.4 Å². The fourth-order valence-electron chi connectivity index (χ4n) is 5.88. The van der Waals surface area contributed by atoms with Gasteiger partial charge < -0.3 is 24.8 Å². The van der Waals surface area contributed by atoms with Crippen LogP contribution >= 0.6 is 0 Å². The number of aliphatic hydroxyl groups excluding tert-OH is 2. The molecule has 196 valence electrons. The highest BCUT2D eigenvalue weighted by atomic mass is 16.6. The molecule has 0 aliphatic heterocycles. The van der Waals surface area contributed by atoms with Crippen molar-refractivity contribution in [2.24, 2.45) is 17.8 Å². The molecule has 6 atom stereocenters. The molecular formula is C28H42O7. The Bertz CT molecular complexity index is 839. The average molecular weight is 491 g/mol. The summed E-state index contributed by atoms with van der Waals surface area (Å²) < 4.78 is 11.1. The molecule has 0 bridgehead atoms. The van der Waals surface area contributed by atoms with Crippen LogP contribution in [-0.4, -0.2) is 52.2 Å². The van der Waals surface area contributed by atoms with Crippen LogP contribution in [0.1, 0.15) is 82.8 Å². The number of carbonyl (C=O) groups is 2. The molecule has 2 aliphatic rings. The third kappa shape index (κ3) is 7.94. The van der Waals surface area contributed by atoms with E-state index in [4.69, 9.17) is 14.6 Å². The first-order valence-electron chi connectivity index (χ1n) is 13.3. The minimum Gasteiger partial charge on any atom is -0.482 e. The number of carbonyl (C=O) groups excluding carboxylic acids is 1. The van der Waals surface area contributed by atoms with E-state index in [1.807, 2.05) is 12.1 Å². The summed E-state index contributed by atoms with van der Waals surface area (Å²) in [5.41, 5.74) is 2.31.